The van der Waals surface area contributed by atoms with Gasteiger partial charge in [-0.15, -0.1) is 0 Å². The number of hydrogen-bond acceptors (Lipinski definition) is 4. The molecule has 0 aliphatic rings. The third-order valence-corrected chi connectivity index (χ3v) is 6.27. The highest BCUT2D eigenvalue weighted by molar-refractivity contribution is 7.92. The first kappa shape index (κ1) is 22.9. The van der Waals surface area contributed by atoms with E-state index in [-0.39, 0.29) is 34.2 Å². The molecule has 0 saturated carbocycles. The molecule has 0 aliphatic carbocycles. The van der Waals surface area contributed by atoms with Crippen molar-refractivity contribution in [1.29, 1.82) is 0 Å². The minimum atomic E-state index is -3.81. The Morgan fingerprint density at radius 2 is 1.68 bits per heavy atom. The van der Waals surface area contributed by atoms with Gasteiger partial charge in [-0.3, -0.25) is 9.52 Å². The van der Waals surface area contributed by atoms with Crippen LogP contribution in [0.3, 0.4) is 0 Å². The highest BCUT2D eigenvalue weighted by atomic mass is 35.5. The smallest absolute Gasteiger partial charge is 0.261 e. The van der Waals surface area contributed by atoms with E-state index in [4.69, 9.17) is 27.9 Å². The summed E-state index contributed by atoms with van der Waals surface area (Å²) in [6, 6.07) is 19.5. The predicted molar refractivity (Wildman–Crippen MR) is 122 cm³/mol. The molecule has 3 aromatic carbocycles. The molecule has 0 fully saturated rings. The Kier molecular flexibility index (Phi) is 7.43. The first-order valence-electron chi connectivity index (χ1n) is 9.29. The fourth-order valence-electron chi connectivity index (χ4n) is 2.75. The second-order valence-electron chi connectivity index (χ2n) is 6.69. The van der Waals surface area contributed by atoms with Crippen molar-refractivity contribution >= 4 is 44.8 Å². The standard InChI is InChI=1S/C22H20Cl2N2O4S/c1-15(16-7-9-17(23)10-8-16)25-22(27)14-30-21-12-11-19(13-20(21)24)31(28,29)26-18-5-3-2-4-6-18/h2-13,15,26H,14H2,1H3,(H,25,27)/t15-/m0/s1. The van der Waals surface area contributed by atoms with Crippen molar-refractivity contribution in [3.05, 3.63) is 88.4 Å². The van der Waals surface area contributed by atoms with Gasteiger partial charge >= 0.3 is 0 Å². The maximum Gasteiger partial charge on any atom is 0.261 e. The molecule has 0 aromatic heterocycles. The average molecular weight is 479 g/mol. The second kappa shape index (κ2) is 10.0. The summed E-state index contributed by atoms with van der Waals surface area (Å²) < 4.78 is 33.0. The van der Waals surface area contributed by atoms with Crippen molar-refractivity contribution in [1.82, 2.24) is 5.32 Å². The molecule has 6 nitrogen and oxygen atoms in total. The lowest BCUT2D eigenvalue weighted by Crippen LogP contribution is -2.31. The molecule has 1 amide bonds. The number of amides is 1. The van der Waals surface area contributed by atoms with Crippen LogP contribution in [0.25, 0.3) is 0 Å². The first-order chi connectivity index (χ1) is 14.7. The number of rotatable bonds is 8. The Morgan fingerprint density at radius 1 is 1.00 bits per heavy atom. The van der Waals surface area contributed by atoms with E-state index >= 15 is 0 Å². The molecule has 0 unspecified atom stereocenters. The second-order valence-corrected chi connectivity index (χ2v) is 9.22. The number of sulfonamides is 1. The van der Waals surface area contributed by atoms with Crippen molar-refractivity contribution < 1.29 is 17.9 Å². The summed E-state index contributed by atoms with van der Waals surface area (Å²) in [6.07, 6.45) is 0. The number of halogens is 2. The Balaban J connectivity index is 1.60. The molecule has 9 heteroatoms. The fraction of sp³-hybridized carbons (Fsp3) is 0.136. The topological polar surface area (TPSA) is 84.5 Å². The maximum absolute atomic E-state index is 12.5. The van der Waals surface area contributed by atoms with Crippen LogP contribution in [0.5, 0.6) is 5.75 Å². The first-order valence-corrected chi connectivity index (χ1v) is 11.5. The van der Waals surface area contributed by atoms with Gasteiger partial charge in [-0.25, -0.2) is 8.42 Å². The van der Waals surface area contributed by atoms with Gasteiger partial charge < -0.3 is 10.1 Å². The van der Waals surface area contributed by atoms with Crippen LogP contribution in [0.1, 0.15) is 18.5 Å². The van der Waals surface area contributed by atoms with Crippen LogP contribution < -0.4 is 14.8 Å². The highest BCUT2D eigenvalue weighted by Crippen LogP contribution is 2.28. The van der Waals surface area contributed by atoms with Gasteiger partial charge in [-0.1, -0.05) is 53.5 Å². The lowest BCUT2D eigenvalue weighted by molar-refractivity contribution is -0.123. The molecule has 0 radical (unpaired) electrons. The zero-order chi connectivity index (χ0) is 22.4. The van der Waals surface area contributed by atoms with Crippen LogP contribution >= 0.6 is 23.2 Å². The normalized spacial score (nSPS) is 12.1. The number of nitrogens with one attached hydrogen (secondary N) is 2. The highest BCUT2D eigenvalue weighted by Gasteiger charge is 2.17. The van der Waals surface area contributed by atoms with Gasteiger partial charge in [0.25, 0.3) is 15.9 Å². The zero-order valence-corrected chi connectivity index (χ0v) is 18.8. The van der Waals surface area contributed by atoms with Gasteiger partial charge in [0.1, 0.15) is 5.75 Å². The zero-order valence-electron chi connectivity index (χ0n) is 16.5. The molecular formula is C22H20Cl2N2O4S. The summed E-state index contributed by atoms with van der Waals surface area (Å²) in [5.41, 5.74) is 1.33. The van der Waals surface area contributed by atoms with Crippen LogP contribution in [0, 0.1) is 0 Å². The number of benzene rings is 3. The molecule has 0 bridgehead atoms. The Bertz CT molecular complexity index is 1150. The van der Waals surface area contributed by atoms with Gasteiger partial charge in [0.2, 0.25) is 0 Å². The van der Waals surface area contributed by atoms with Crippen molar-refractivity contribution in [3.8, 4) is 5.75 Å². The molecule has 162 valence electrons. The van der Waals surface area contributed by atoms with E-state index in [0.29, 0.717) is 10.7 Å². The van der Waals surface area contributed by atoms with Crippen LogP contribution in [0.2, 0.25) is 10.0 Å². The molecule has 0 aliphatic heterocycles. The quantitative estimate of drug-likeness (QED) is 0.474. The Hall–Kier alpha value is -2.74. The third-order valence-electron chi connectivity index (χ3n) is 4.35. The van der Waals surface area contributed by atoms with Gasteiger partial charge in [0, 0.05) is 10.7 Å². The summed E-state index contributed by atoms with van der Waals surface area (Å²) in [5.74, 6) is -0.143. The van der Waals surface area contributed by atoms with Gasteiger partial charge in [0.15, 0.2) is 6.61 Å². The largest absolute Gasteiger partial charge is 0.482 e. The van der Waals surface area contributed by atoms with E-state index < -0.39 is 10.0 Å². The minimum absolute atomic E-state index is 0.0190. The Labute approximate surface area is 191 Å². The SMILES string of the molecule is C[C@H](NC(=O)COc1ccc(S(=O)(=O)Nc2ccccc2)cc1Cl)c1ccc(Cl)cc1. The number of carbonyl (C=O) groups excluding carboxylic acids is 1. The maximum atomic E-state index is 12.5. The summed E-state index contributed by atoms with van der Waals surface area (Å²) in [5, 5.41) is 3.51. The van der Waals surface area contributed by atoms with Gasteiger partial charge in [0.05, 0.1) is 16.0 Å². The molecule has 3 aromatic rings. The molecule has 31 heavy (non-hydrogen) atoms. The molecule has 0 heterocycles. The van der Waals surface area contributed by atoms with Crippen LogP contribution in [-0.2, 0) is 14.8 Å². The lowest BCUT2D eigenvalue weighted by atomic mass is 10.1. The van der Waals surface area contributed by atoms with Crippen LogP contribution in [0.4, 0.5) is 5.69 Å². The molecule has 3 rings (SSSR count). The fourth-order valence-corrected chi connectivity index (χ4v) is 4.26. The van der Waals surface area contributed by atoms with Crippen molar-refractivity contribution in [2.24, 2.45) is 0 Å². The van der Waals surface area contributed by atoms with E-state index in [1.54, 1.807) is 42.5 Å². The lowest BCUT2D eigenvalue weighted by Gasteiger charge is -2.15. The third kappa shape index (κ3) is 6.37. The number of ether oxygens (including phenoxy) is 1. The van der Waals surface area contributed by atoms with E-state index in [2.05, 4.69) is 10.0 Å². The number of para-hydroxylation sites is 1. The average Bonchev–Trinajstić information content (AvgIpc) is 2.73. The monoisotopic (exact) mass is 478 g/mol. The number of hydrogen-bond donors (Lipinski definition) is 2. The van der Waals surface area contributed by atoms with E-state index in [9.17, 15) is 13.2 Å². The summed E-state index contributed by atoms with van der Waals surface area (Å²) in [4.78, 5) is 12.2. The van der Waals surface area contributed by atoms with Crippen molar-refractivity contribution in [3.63, 3.8) is 0 Å². The molecule has 1 atom stereocenters. The molecule has 0 spiro atoms. The molecule has 0 saturated heterocycles. The summed E-state index contributed by atoms with van der Waals surface area (Å²) in [6.45, 7) is 1.57. The predicted octanol–water partition coefficient (Wildman–Crippen LogP) is 5.05. The van der Waals surface area contributed by atoms with E-state index in [0.717, 1.165) is 5.56 Å². The minimum Gasteiger partial charge on any atom is -0.482 e. The van der Waals surface area contributed by atoms with E-state index in [1.165, 1.54) is 18.2 Å². The Morgan fingerprint density at radius 3 is 2.32 bits per heavy atom. The molecular weight excluding hydrogens is 459 g/mol. The summed E-state index contributed by atoms with van der Waals surface area (Å²) in [7, 11) is -3.81. The van der Waals surface area contributed by atoms with Crippen LogP contribution in [-0.4, -0.2) is 20.9 Å². The van der Waals surface area contributed by atoms with Crippen LogP contribution in [0.15, 0.2) is 77.7 Å². The van der Waals surface area contributed by atoms with Crippen molar-refractivity contribution in [2.45, 2.75) is 17.9 Å². The molecule has 2 N–H and O–H groups in total. The van der Waals surface area contributed by atoms with Crippen molar-refractivity contribution in [2.75, 3.05) is 11.3 Å². The van der Waals surface area contributed by atoms with Gasteiger partial charge in [-0.2, -0.15) is 0 Å². The van der Waals surface area contributed by atoms with Gasteiger partial charge in [-0.05, 0) is 55.0 Å². The summed E-state index contributed by atoms with van der Waals surface area (Å²) >= 11 is 12.0. The van der Waals surface area contributed by atoms with E-state index in [1.807, 2.05) is 19.1 Å². The number of anilines is 1. The number of carbonyl (C=O) groups is 1.